The number of hydrogen-bond donors (Lipinski definition) is 1. The number of rotatable bonds is 4. The summed E-state index contributed by atoms with van der Waals surface area (Å²) in [5, 5.41) is 4.11. The summed E-state index contributed by atoms with van der Waals surface area (Å²) in [6.45, 7) is 11.4. The SMILES string of the molecule is CCC1(C)CN(Cc2ccc(Cl)cc2F)C(C(C)C)CN1. The fourth-order valence-electron chi connectivity index (χ4n) is 3.04. The second-order valence-electron chi connectivity index (χ2n) is 6.75. The van der Waals surface area contributed by atoms with Crippen LogP contribution in [-0.2, 0) is 6.54 Å². The van der Waals surface area contributed by atoms with Gasteiger partial charge in [0.2, 0.25) is 0 Å². The minimum absolute atomic E-state index is 0.105. The van der Waals surface area contributed by atoms with E-state index in [1.54, 1.807) is 12.1 Å². The van der Waals surface area contributed by atoms with Crippen LogP contribution >= 0.6 is 11.6 Å². The summed E-state index contributed by atoms with van der Waals surface area (Å²) in [5.41, 5.74) is 0.833. The second-order valence-corrected chi connectivity index (χ2v) is 7.18. The van der Waals surface area contributed by atoms with Crippen molar-refractivity contribution in [1.29, 1.82) is 0 Å². The monoisotopic (exact) mass is 312 g/mol. The first-order chi connectivity index (χ1) is 9.84. The maximum absolute atomic E-state index is 14.1. The highest BCUT2D eigenvalue weighted by molar-refractivity contribution is 6.30. The van der Waals surface area contributed by atoms with Gasteiger partial charge < -0.3 is 5.32 Å². The molecule has 4 heteroatoms. The maximum atomic E-state index is 14.1. The Bertz CT molecular complexity index is 492. The highest BCUT2D eigenvalue weighted by Gasteiger charge is 2.35. The van der Waals surface area contributed by atoms with Crippen LogP contribution in [0.2, 0.25) is 5.02 Å². The van der Waals surface area contributed by atoms with Crippen LogP contribution in [0, 0.1) is 11.7 Å². The van der Waals surface area contributed by atoms with E-state index in [-0.39, 0.29) is 11.4 Å². The Morgan fingerprint density at radius 1 is 1.48 bits per heavy atom. The summed E-state index contributed by atoms with van der Waals surface area (Å²) < 4.78 is 14.1. The third-order valence-corrected chi connectivity index (χ3v) is 4.93. The largest absolute Gasteiger partial charge is 0.309 e. The zero-order chi connectivity index (χ0) is 15.6. The Balaban J connectivity index is 2.19. The Morgan fingerprint density at radius 2 is 2.19 bits per heavy atom. The lowest BCUT2D eigenvalue weighted by Gasteiger charge is -2.47. The summed E-state index contributed by atoms with van der Waals surface area (Å²) in [7, 11) is 0. The van der Waals surface area contributed by atoms with Crippen LogP contribution in [0.25, 0.3) is 0 Å². The lowest BCUT2D eigenvalue weighted by molar-refractivity contribution is 0.0530. The summed E-state index contributed by atoms with van der Waals surface area (Å²) >= 11 is 5.84. The van der Waals surface area contributed by atoms with Crippen molar-refractivity contribution < 1.29 is 4.39 Å². The van der Waals surface area contributed by atoms with E-state index >= 15 is 0 Å². The molecule has 1 heterocycles. The number of piperazine rings is 1. The molecule has 0 saturated carbocycles. The predicted molar refractivity (Wildman–Crippen MR) is 87.1 cm³/mol. The first kappa shape index (κ1) is 16.7. The number of nitrogens with one attached hydrogen (secondary N) is 1. The van der Waals surface area contributed by atoms with Gasteiger partial charge in [0.05, 0.1) is 0 Å². The van der Waals surface area contributed by atoms with Gasteiger partial charge in [-0.25, -0.2) is 4.39 Å². The molecule has 0 aromatic heterocycles. The van der Waals surface area contributed by atoms with Crippen molar-refractivity contribution in [2.45, 2.75) is 52.2 Å². The predicted octanol–water partition coefficient (Wildman–Crippen LogP) is 4.08. The number of nitrogens with zero attached hydrogens (tertiary/aromatic N) is 1. The molecule has 0 bridgehead atoms. The van der Waals surface area contributed by atoms with Gasteiger partial charge in [0, 0.05) is 41.8 Å². The molecule has 1 aromatic carbocycles. The van der Waals surface area contributed by atoms with E-state index in [9.17, 15) is 4.39 Å². The highest BCUT2D eigenvalue weighted by atomic mass is 35.5. The van der Waals surface area contributed by atoms with Crippen LogP contribution in [0.5, 0.6) is 0 Å². The van der Waals surface area contributed by atoms with Gasteiger partial charge in [0.15, 0.2) is 0 Å². The molecule has 21 heavy (non-hydrogen) atoms. The van der Waals surface area contributed by atoms with Crippen LogP contribution in [0.1, 0.15) is 39.7 Å². The molecule has 0 radical (unpaired) electrons. The Morgan fingerprint density at radius 3 is 2.76 bits per heavy atom. The van der Waals surface area contributed by atoms with E-state index in [1.165, 1.54) is 6.07 Å². The molecule has 1 N–H and O–H groups in total. The molecule has 0 aliphatic carbocycles. The third kappa shape index (κ3) is 3.97. The van der Waals surface area contributed by atoms with Gasteiger partial charge >= 0.3 is 0 Å². The lowest BCUT2D eigenvalue weighted by Crippen LogP contribution is -2.63. The number of hydrogen-bond acceptors (Lipinski definition) is 2. The Hall–Kier alpha value is -0.640. The van der Waals surface area contributed by atoms with Crippen LogP contribution in [0.4, 0.5) is 4.39 Å². The van der Waals surface area contributed by atoms with E-state index < -0.39 is 0 Å². The Labute approximate surface area is 132 Å². The van der Waals surface area contributed by atoms with Crippen molar-refractivity contribution in [3.63, 3.8) is 0 Å². The van der Waals surface area contributed by atoms with Gasteiger partial charge in [0.1, 0.15) is 5.82 Å². The smallest absolute Gasteiger partial charge is 0.129 e. The molecule has 2 rings (SSSR count). The molecule has 0 spiro atoms. The average molecular weight is 313 g/mol. The molecule has 1 saturated heterocycles. The van der Waals surface area contributed by atoms with Crippen LogP contribution in [0.15, 0.2) is 18.2 Å². The molecule has 118 valence electrons. The van der Waals surface area contributed by atoms with Gasteiger partial charge in [-0.1, -0.05) is 38.4 Å². The summed E-state index contributed by atoms with van der Waals surface area (Å²) in [4.78, 5) is 2.41. The van der Waals surface area contributed by atoms with Gasteiger partial charge in [0.25, 0.3) is 0 Å². The van der Waals surface area contributed by atoms with E-state index in [0.29, 0.717) is 23.5 Å². The van der Waals surface area contributed by atoms with Crippen LogP contribution < -0.4 is 5.32 Å². The van der Waals surface area contributed by atoms with Crippen molar-refractivity contribution in [3.8, 4) is 0 Å². The summed E-state index contributed by atoms with van der Waals surface area (Å²) in [6.07, 6.45) is 1.07. The molecule has 2 nitrogen and oxygen atoms in total. The van der Waals surface area contributed by atoms with Crippen molar-refractivity contribution >= 4 is 11.6 Å². The standard InChI is InChI=1S/C17H26ClFN2/c1-5-17(4)11-21(16(9-20-17)12(2)3)10-13-6-7-14(18)8-15(13)19/h6-8,12,16,20H,5,9-11H2,1-4H3. The van der Waals surface area contributed by atoms with Crippen molar-refractivity contribution in [1.82, 2.24) is 10.2 Å². The maximum Gasteiger partial charge on any atom is 0.129 e. The van der Waals surface area contributed by atoms with Crippen LogP contribution in [0.3, 0.4) is 0 Å². The fourth-order valence-corrected chi connectivity index (χ4v) is 3.20. The first-order valence-corrected chi connectivity index (χ1v) is 8.15. The molecule has 1 aliphatic heterocycles. The van der Waals surface area contributed by atoms with Crippen molar-refractivity contribution in [2.75, 3.05) is 13.1 Å². The minimum Gasteiger partial charge on any atom is -0.309 e. The lowest BCUT2D eigenvalue weighted by atomic mass is 9.89. The number of benzene rings is 1. The fraction of sp³-hybridized carbons (Fsp3) is 0.647. The van der Waals surface area contributed by atoms with Crippen molar-refractivity contribution in [2.24, 2.45) is 5.92 Å². The topological polar surface area (TPSA) is 15.3 Å². The molecule has 1 aliphatic rings. The quantitative estimate of drug-likeness (QED) is 0.901. The highest BCUT2D eigenvalue weighted by Crippen LogP contribution is 2.26. The third-order valence-electron chi connectivity index (χ3n) is 4.70. The van der Waals surface area contributed by atoms with Gasteiger partial charge in [-0.3, -0.25) is 4.90 Å². The van der Waals surface area contributed by atoms with Crippen LogP contribution in [-0.4, -0.2) is 29.6 Å². The van der Waals surface area contributed by atoms with Gasteiger partial charge in [-0.05, 0) is 31.4 Å². The molecule has 0 amide bonds. The van der Waals surface area contributed by atoms with E-state index in [1.807, 2.05) is 0 Å². The second kappa shape index (κ2) is 6.64. The van der Waals surface area contributed by atoms with E-state index in [4.69, 9.17) is 11.6 Å². The van der Waals surface area contributed by atoms with E-state index in [2.05, 4.69) is 37.9 Å². The molecule has 2 unspecified atom stereocenters. The van der Waals surface area contributed by atoms with Gasteiger partial charge in [-0.15, -0.1) is 0 Å². The molecule has 2 atom stereocenters. The Kier molecular flexibility index (Phi) is 5.29. The molecular formula is C17H26ClFN2. The summed E-state index contributed by atoms with van der Waals surface area (Å²) in [6, 6.07) is 5.41. The molecular weight excluding hydrogens is 287 g/mol. The summed E-state index contributed by atoms with van der Waals surface area (Å²) in [5.74, 6) is 0.330. The normalized spacial score (nSPS) is 27.3. The molecule has 1 aromatic rings. The van der Waals surface area contributed by atoms with Gasteiger partial charge in [-0.2, -0.15) is 0 Å². The van der Waals surface area contributed by atoms with E-state index in [0.717, 1.165) is 25.1 Å². The minimum atomic E-state index is -0.207. The van der Waals surface area contributed by atoms with Crippen molar-refractivity contribution in [3.05, 3.63) is 34.6 Å². The zero-order valence-corrected chi connectivity index (χ0v) is 14.2. The first-order valence-electron chi connectivity index (χ1n) is 7.77. The number of halogens is 2. The molecule has 1 fully saturated rings. The average Bonchev–Trinajstić information content (AvgIpc) is 2.42. The zero-order valence-electron chi connectivity index (χ0n) is 13.4.